The summed E-state index contributed by atoms with van der Waals surface area (Å²) in [5.41, 5.74) is 3.90. The number of carbonyl (C=O) groups is 2. The molecule has 4 rings (SSSR count). The third-order valence-corrected chi connectivity index (χ3v) is 6.74. The Morgan fingerprint density at radius 2 is 1.68 bits per heavy atom. The van der Waals surface area contributed by atoms with Crippen LogP contribution in [-0.4, -0.2) is 74.6 Å². The minimum absolute atomic E-state index is 0.0383. The number of benzene rings is 2. The van der Waals surface area contributed by atoms with Crippen LogP contribution in [0.5, 0.6) is 0 Å². The molecule has 0 saturated carbocycles. The Morgan fingerprint density at radius 3 is 2.47 bits per heavy atom. The highest BCUT2D eigenvalue weighted by Crippen LogP contribution is 2.26. The Hall–Kier alpha value is -2.90. The lowest BCUT2D eigenvalue weighted by Crippen LogP contribution is -2.45. The minimum atomic E-state index is -0.111. The molecule has 0 radical (unpaired) electrons. The second-order valence-electron chi connectivity index (χ2n) is 9.39. The fraction of sp³-hybridized carbons (Fsp3) is 0.481. The number of rotatable bonds is 7. The summed E-state index contributed by atoms with van der Waals surface area (Å²) in [6.07, 6.45) is 4.41. The van der Waals surface area contributed by atoms with Crippen molar-refractivity contribution in [3.05, 3.63) is 59.7 Å². The molecule has 2 aliphatic heterocycles. The van der Waals surface area contributed by atoms with Crippen molar-refractivity contribution in [2.75, 3.05) is 63.1 Å². The van der Waals surface area contributed by atoms with Gasteiger partial charge in [0.25, 0.3) is 0 Å². The highest BCUT2D eigenvalue weighted by molar-refractivity contribution is 6.02. The Kier molecular flexibility index (Phi) is 8.55. The molecule has 0 bridgehead atoms. The van der Waals surface area contributed by atoms with Gasteiger partial charge in [0.05, 0.1) is 6.42 Å². The molecule has 34 heavy (non-hydrogen) atoms. The van der Waals surface area contributed by atoms with Crippen LogP contribution in [0.1, 0.15) is 30.4 Å². The van der Waals surface area contributed by atoms with Gasteiger partial charge in [-0.1, -0.05) is 30.3 Å². The molecule has 1 fully saturated rings. The molecule has 0 aliphatic carbocycles. The highest BCUT2D eigenvalue weighted by atomic mass is 16.2. The van der Waals surface area contributed by atoms with Gasteiger partial charge >= 0.3 is 6.03 Å². The lowest BCUT2D eigenvalue weighted by atomic mass is 10.1. The second-order valence-corrected chi connectivity index (χ2v) is 9.39. The summed E-state index contributed by atoms with van der Waals surface area (Å²) in [5.74, 6) is 0.0383. The van der Waals surface area contributed by atoms with E-state index in [1.54, 1.807) is 0 Å². The van der Waals surface area contributed by atoms with Gasteiger partial charge in [-0.3, -0.25) is 9.69 Å². The molecule has 3 amide bonds. The lowest BCUT2D eigenvalue weighted by Gasteiger charge is -2.32. The van der Waals surface area contributed by atoms with Crippen molar-refractivity contribution in [3.8, 4) is 0 Å². The van der Waals surface area contributed by atoms with Gasteiger partial charge in [-0.05, 0) is 68.6 Å². The van der Waals surface area contributed by atoms with Crippen molar-refractivity contribution in [1.82, 2.24) is 15.1 Å². The fourth-order valence-corrected chi connectivity index (χ4v) is 4.65. The van der Waals surface area contributed by atoms with Crippen molar-refractivity contribution in [1.29, 1.82) is 0 Å². The van der Waals surface area contributed by atoms with Crippen molar-refractivity contribution < 1.29 is 9.59 Å². The molecule has 0 unspecified atom stereocenters. The van der Waals surface area contributed by atoms with Crippen molar-refractivity contribution in [2.24, 2.45) is 0 Å². The van der Waals surface area contributed by atoms with Crippen LogP contribution in [0, 0.1) is 0 Å². The van der Waals surface area contributed by atoms with E-state index >= 15 is 0 Å². The van der Waals surface area contributed by atoms with Crippen molar-refractivity contribution in [3.63, 3.8) is 0 Å². The summed E-state index contributed by atoms with van der Waals surface area (Å²) >= 11 is 0. The number of piperazine rings is 1. The molecular formula is C27H37N5O2. The number of para-hydroxylation sites is 1. The average Bonchev–Trinajstić information content (AvgIpc) is 3.07. The number of urea groups is 1. The molecule has 182 valence electrons. The zero-order chi connectivity index (χ0) is 23.8. The number of nitrogens with zero attached hydrogens (tertiary/aromatic N) is 3. The van der Waals surface area contributed by atoms with Crippen molar-refractivity contribution >= 4 is 23.3 Å². The number of anilines is 2. The van der Waals surface area contributed by atoms with E-state index in [4.69, 9.17) is 0 Å². The standard InChI is InChI=1S/C27H37N5O2/c1-30-17-19-31(20-18-30)15-6-14-28-26(33)21-22-10-12-24(13-11-22)29-27(34)32-16-5-4-8-23-7-2-3-9-25(23)32/h2-3,7,9-13H,4-6,8,14-21H2,1H3,(H,28,33)(H,29,34). The number of likely N-dealkylation sites (N-methyl/N-ethyl adjacent to an activating group) is 1. The highest BCUT2D eigenvalue weighted by Gasteiger charge is 2.21. The van der Waals surface area contributed by atoms with E-state index < -0.39 is 0 Å². The van der Waals surface area contributed by atoms with Crippen LogP contribution in [0.25, 0.3) is 0 Å². The quantitative estimate of drug-likeness (QED) is 0.618. The first-order valence-electron chi connectivity index (χ1n) is 12.5. The zero-order valence-electron chi connectivity index (χ0n) is 20.3. The Bertz CT molecular complexity index is 954. The van der Waals surface area contributed by atoms with E-state index in [0.717, 1.165) is 81.9 Å². The fourth-order valence-electron chi connectivity index (χ4n) is 4.65. The van der Waals surface area contributed by atoms with Crippen LogP contribution in [0.2, 0.25) is 0 Å². The van der Waals surface area contributed by atoms with Gasteiger partial charge in [-0.2, -0.15) is 0 Å². The van der Waals surface area contributed by atoms with Gasteiger partial charge in [-0.25, -0.2) is 4.79 Å². The van der Waals surface area contributed by atoms with E-state index in [9.17, 15) is 9.59 Å². The third-order valence-electron chi connectivity index (χ3n) is 6.74. The summed E-state index contributed by atoms with van der Waals surface area (Å²) < 4.78 is 0. The maximum absolute atomic E-state index is 13.0. The summed E-state index contributed by atoms with van der Waals surface area (Å²) in [7, 11) is 2.16. The Balaban J connectivity index is 1.21. The molecule has 7 heteroatoms. The molecule has 2 aromatic rings. The Morgan fingerprint density at radius 1 is 0.912 bits per heavy atom. The zero-order valence-corrected chi connectivity index (χ0v) is 20.3. The molecule has 7 nitrogen and oxygen atoms in total. The van der Waals surface area contributed by atoms with Gasteiger partial charge in [0.15, 0.2) is 0 Å². The predicted octanol–water partition coefficient (Wildman–Crippen LogP) is 3.36. The molecule has 0 spiro atoms. The van der Waals surface area contributed by atoms with Gasteiger partial charge in [-0.15, -0.1) is 0 Å². The topological polar surface area (TPSA) is 67.9 Å². The van der Waals surface area contributed by atoms with Crippen LogP contribution in [0.15, 0.2) is 48.5 Å². The largest absolute Gasteiger partial charge is 0.356 e. The average molecular weight is 464 g/mol. The molecule has 0 aromatic heterocycles. The summed E-state index contributed by atoms with van der Waals surface area (Å²) in [5, 5.41) is 6.05. The Labute approximate surface area is 203 Å². The van der Waals surface area contributed by atoms with Gasteiger partial charge in [0, 0.05) is 50.6 Å². The molecule has 0 atom stereocenters. The molecule has 1 saturated heterocycles. The maximum atomic E-state index is 13.0. The number of hydrogen-bond donors (Lipinski definition) is 2. The van der Waals surface area contributed by atoms with Crippen LogP contribution in [0.3, 0.4) is 0 Å². The van der Waals surface area contributed by atoms with E-state index in [2.05, 4.69) is 33.5 Å². The molecule has 2 heterocycles. The number of carbonyl (C=O) groups excluding carboxylic acids is 2. The van der Waals surface area contributed by atoms with Crippen LogP contribution in [0.4, 0.5) is 16.2 Å². The van der Waals surface area contributed by atoms with Gasteiger partial charge < -0.3 is 20.4 Å². The first-order valence-corrected chi connectivity index (χ1v) is 12.5. The number of amides is 3. The third kappa shape index (κ3) is 6.81. The smallest absolute Gasteiger partial charge is 0.326 e. The first-order chi connectivity index (χ1) is 16.6. The van der Waals surface area contributed by atoms with Crippen LogP contribution in [-0.2, 0) is 17.6 Å². The number of fused-ring (bicyclic) bond motifs is 1. The monoisotopic (exact) mass is 463 g/mol. The number of aryl methyl sites for hydroxylation is 1. The van der Waals surface area contributed by atoms with Crippen LogP contribution < -0.4 is 15.5 Å². The summed E-state index contributed by atoms with van der Waals surface area (Å²) in [4.78, 5) is 31.9. The predicted molar refractivity (Wildman–Crippen MR) is 137 cm³/mol. The van der Waals surface area contributed by atoms with E-state index in [0.29, 0.717) is 13.0 Å². The molecule has 2 aromatic carbocycles. The molecular weight excluding hydrogens is 426 g/mol. The summed E-state index contributed by atoms with van der Waals surface area (Å²) in [6, 6.07) is 15.6. The van der Waals surface area contributed by atoms with E-state index in [-0.39, 0.29) is 11.9 Å². The van der Waals surface area contributed by atoms with Crippen LogP contribution >= 0.6 is 0 Å². The van der Waals surface area contributed by atoms with Gasteiger partial charge in [0.2, 0.25) is 5.91 Å². The van der Waals surface area contributed by atoms with Gasteiger partial charge in [0.1, 0.15) is 0 Å². The SMILES string of the molecule is CN1CCN(CCCNC(=O)Cc2ccc(NC(=O)N3CCCCc4ccccc43)cc2)CC1. The van der Waals surface area contributed by atoms with Crippen molar-refractivity contribution in [2.45, 2.75) is 32.1 Å². The lowest BCUT2D eigenvalue weighted by molar-refractivity contribution is -0.120. The normalized spacial score (nSPS) is 17.0. The molecule has 2 N–H and O–H groups in total. The van der Waals surface area contributed by atoms with E-state index in [1.807, 2.05) is 47.4 Å². The summed E-state index contributed by atoms with van der Waals surface area (Å²) in [6.45, 7) is 6.91. The maximum Gasteiger partial charge on any atom is 0.326 e. The number of nitrogens with one attached hydrogen (secondary N) is 2. The second kappa shape index (κ2) is 12.0. The molecule has 2 aliphatic rings. The first kappa shape index (κ1) is 24.2. The van der Waals surface area contributed by atoms with E-state index in [1.165, 1.54) is 5.56 Å². The number of hydrogen-bond acceptors (Lipinski definition) is 4. The minimum Gasteiger partial charge on any atom is -0.356 e.